The highest BCUT2D eigenvalue weighted by Gasteiger charge is 2.22. The quantitative estimate of drug-likeness (QED) is 0.743. The van der Waals surface area contributed by atoms with Gasteiger partial charge in [0.2, 0.25) is 0 Å². The minimum absolute atomic E-state index is 0.261. The van der Waals surface area contributed by atoms with Crippen molar-refractivity contribution in [1.29, 1.82) is 0 Å². The van der Waals surface area contributed by atoms with E-state index in [1.807, 2.05) is 7.05 Å². The van der Waals surface area contributed by atoms with Gasteiger partial charge in [0.15, 0.2) is 9.84 Å². The molecular weight excluding hydrogens is 224 g/mol. The molecule has 1 heterocycles. The number of nitrogens with zero attached hydrogens (tertiary/aromatic N) is 1. The highest BCUT2D eigenvalue weighted by molar-refractivity contribution is 7.91. The Kier molecular flexibility index (Phi) is 5.72. The van der Waals surface area contributed by atoms with Crippen LogP contribution in [-0.4, -0.2) is 57.5 Å². The molecule has 1 unspecified atom stereocenters. The number of nitrogens with one attached hydrogen (secondary N) is 1. The third kappa shape index (κ3) is 4.39. The van der Waals surface area contributed by atoms with Crippen molar-refractivity contribution in [3.63, 3.8) is 0 Å². The summed E-state index contributed by atoms with van der Waals surface area (Å²) in [4.78, 5) is 2.33. The molecule has 0 amide bonds. The van der Waals surface area contributed by atoms with Gasteiger partial charge >= 0.3 is 0 Å². The van der Waals surface area contributed by atoms with E-state index in [1.165, 1.54) is 19.3 Å². The van der Waals surface area contributed by atoms with Crippen LogP contribution >= 0.6 is 0 Å². The lowest BCUT2D eigenvalue weighted by molar-refractivity contribution is 0.156. The minimum atomic E-state index is -2.82. The van der Waals surface area contributed by atoms with E-state index in [1.54, 1.807) is 6.92 Å². The molecule has 0 aromatic rings. The Morgan fingerprint density at radius 1 is 1.38 bits per heavy atom. The van der Waals surface area contributed by atoms with E-state index in [4.69, 9.17) is 0 Å². The van der Waals surface area contributed by atoms with Gasteiger partial charge in [-0.1, -0.05) is 13.3 Å². The lowest BCUT2D eigenvalue weighted by Crippen LogP contribution is -2.46. The van der Waals surface area contributed by atoms with Gasteiger partial charge < -0.3 is 5.32 Å². The highest BCUT2D eigenvalue weighted by Crippen LogP contribution is 2.16. The van der Waals surface area contributed by atoms with Gasteiger partial charge in [-0.05, 0) is 26.4 Å². The topological polar surface area (TPSA) is 49.4 Å². The van der Waals surface area contributed by atoms with Gasteiger partial charge in [-0.15, -0.1) is 0 Å². The van der Waals surface area contributed by atoms with Crippen molar-refractivity contribution in [2.45, 2.75) is 32.2 Å². The van der Waals surface area contributed by atoms with E-state index in [-0.39, 0.29) is 5.75 Å². The molecule has 96 valence electrons. The van der Waals surface area contributed by atoms with Crippen LogP contribution in [0.25, 0.3) is 0 Å². The largest absolute Gasteiger partial charge is 0.318 e. The molecule has 1 fully saturated rings. The molecule has 1 aliphatic rings. The van der Waals surface area contributed by atoms with Crippen LogP contribution in [0, 0.1) is 0 Å². The van der Waals surface area contributed by atoms with Gasteiger partial charge in [0.1, 0.15) is 0 Å². The molecule has 1 atom stereocenters. The Morgan fingerprint density at radius 3 is 2.75 bits per heavy atom. The van der Waals surface area contributed by atoms with Crippen molar-refractivity contribution in [2.24, 2.45) is 0 Å². The number of hydrogen-bond donors (Lipinski definition) is 1. The number of piperidine rings is 1. The molecule has 0 spiro atoms. The second kappa shape index (κ2) is 6.57. The molecule has 0 bridgehead atoms. The zero-order valence-corrected chi connectivity index (χ0v) is 11.2. The second-order valence-electron chi connectivity index (χ2n) is 4.48. The maximum atomic E-state index is 11.5. The van der Waals surface area contributed by atoms with Gasteiger partial charge in [-0.3, -0.25) is 4.90 Å². The third-order valence-electron chi connectivity index (χ3n) is 3.32. The first-order valence-corrected chi connectivity index (χ1v) is 8.00. The van der Waals surface area contributed by atoms with Gasteiger partial charge in [0.25, 0.3) is 0 Å². The first-order valence-electron chi connectivity index (χ1n) is 6.18. The van der Waals surface area contributed by atoms with Gasteiger partial charge in [-0.2, -0.15) is 0 Å². The van der Waals surface area contributed by atoms with Crippen LogP contribution < -0.4 is 5.32 Å². The van der Waals surface area contributed by atoms with E-state index in [0.29, 0.717) is 18.3 Å². The van der Waals surface area contributed by atoms with Gasteiger partial charge in [0, 0.05) is 24.9 Å². The first kappa shape index (κ1) is 13.9. The summed E-state index contributed by atoms with van der Waals surface area (Å²) >= 11 is 0. The van der Waals surface area contributed by atoms with Crippen LogP contribution in [0.4, 0.5) is 0 Å². The SMILES string of the molecule is CCS(=O)(=O)CCN1CCCCC1CNC. The molecule has 5 heteroatoms. The smallest absolute Gasteiger partial charge is 0.151 e. The van der Waals surface area contributed by atoms with Crippen molar-refractivity contribution in [2.75, 3.05) is 38.2 Å². The summed E-state index contributed by atoms with van der Waals surface area (Å²) in [6.45, 7) is 4.43. The number of likely N-dealkylation sites (N-methyl/N-ethyl adjacent to an activating group) is 1. The fraction of sp³-hybridized carbons (Fsp3) is 1.00. The third-order valence-corrected chi connectivity index (χ3v) is 5.00. The van der Waals surface area contributed by atoms with E-state index >= 15 is 0 Å². The fourth-order valence-electron chi connectivity index (χ4n) is 2.22. The van der Waals surface area contributed by atoms with Crippen LogP contribution in [0.3, 0.4) is 0 Å². The van der Waals surface area contributed by atoms with Crippen molar-refractivity contribution >= 4 is 9.84 Å². The Morgan fingerprint density at radius 2 is 2.12 bits per heavy atom. The number of hydrogen-bond acceptors (Lipinski definition) is 4. The summed E-state index contributed by atoms with van der Waals surface area (Å²) in [5, 5.41) is 3.19. The minimum Gasteiger partial charge on any atom is -0.318 e. The fourth-order valence-corrected chi connectivity index (χ4v) is 3.02. The monoisotopic (exact) mass is 248 g/mol. The second-order valence-corrected chi connectivity index (χ2v) is 6.95. The van der Waals surface area contributed by atoms with Gasteiger partial charge in [-0.25, -0.2) is 8.42 Å². The standard InChI is InChI=1S/C11H24N2O2S/c1-3-16(14,15)9-8-13-7-5-4-6-11(13)10-12-2/h11-12H,3-10H2,1-2H3. The average molecular weight is 248 g/mol. The molecule has 1 saturated heterocycles. The maximum absolute atomic E-state index is 11.5. The van der Waals surface area contributed by atoms with Crippen molar-refractivity contribution in [3.8, 4) is 0 Å². The van der Waals surface area contributed by atoms with E-state index < -0.39 is 9.84 Å². The zero-order chi connectivity index (χ0) is 12.0. The molecule has 16 heavy (non-hydrogen) atoms. The summed E-state index contributed by atoms with van der Waals surface area (Å²) in [7, 11) is -0.865. The van der Waals surface area contributed by atoms with Gasteiger partial charge in [0.05, 0.1) is 5.75 Å². The lowest BCUT2D eigenvalue weighted by atomic mass is 10.0. The summed E-state index contributed by atoms with van der Waals surface area (Å²) in [6, 6.07) is 0.519. The average Bonchev–Trinajstić information content (AvgIpc) is 2.28. The predicted molar refractivity (Wildman–Crippen MR) is 67.5 cm³/mol. The Labute approximate surface area is 99.3 Å². The van der Waals surface area contributed by atoms with Crippen LogP contribution in [0.15, 0.2) is 0 Å². The lowest BCUT2D eigenvalue weighted by Gasteiger charge is -2.35. The summed E-state index contributed by atoms with van der Waals surface area (Å²) < 4.78 is 22.9. The molecular formula is C11H24N2O2S. The molecule has 0 radical (unpaired) electrons. The predicted octanol–water partition coefficient (Wildman–Crippen LogP) is 0.495. The zero-order valence-electron chi connectivity index (χ0n) is 10.4. The first-order chi connectivity index (χ1) is 7.59. The molecule has 0 aliphatic carbocycles. The Balaban J connectivity index is 2.43. The summed E-state index contributed by atoms with van der Waals surface area (Å²) in [5.41, 5.74) is 0. The molecule has 0 saturated carbocycles. The van der Waals surface area contributed by atoms with E-state index in [0.717, 1.165) is 13.1 Å². The molecule has 1 N–H and O–H groups in total. The van der Waals surface area contributed by atoms with Crippen molar-refractivity contribution < 1.29 is 8.42 Å². The number of rotatable bonds is 6. The highest BCUT2D eigenvalue weighted by atomic mass is 32.2. The normalized spacial score (nSPS) is 23.5. The Bertz CT molecular complexity index is 288. The van der Waals surface area contributed by atoms with E-state index in [2.05, 4.69) is 10.2 Å². The van der Waals surface area contributed by atoms with E-state index in [9.17, 15) is 8.42 Å². The van der Waals surface area contributed by atoms with Crippen molar-refractivity contribution in [1.82, 2.24) is 10.2 Å². The van der Waals surface area contributed by atoms with Crippen LogP contribution in [0.2, 0.25) is 0 Å². The van der Waals surface area contributed by atoms with Crippen LogP contribution in [0.5, 0.6) is 0 Å². The van der Waals surface area contributed by atoms with Crippen LogP contribution in [-0.2, 0) is 9.84 Å². The Hall–Kier alpha value is -0.130. The maximum Gasteiger partial charge on any atom is 0.151 e. The van der Waals surface area contributed by atoms with Crippen molar-refractivity contribution in [3.05, 3.63) is 0 Å². The molecule has 4 nitrogen and oxygen atoms in total. The molecule has 0 aromatic carbocycles. The number of likely N-dealkylation sites (tertiary alicyclic amines) is 1. The molecule has 1 aliphatic heterocycles. The molecule has 0 aromatic heterocycles. The van der Waals surface area contributed by atoms with Crippen LogP contribution in [0.1, 0.15) is 26.2 Å². The molecule has 1 rings (SSSR count). The summed E-state index contributed by atoms with van der Waals surface area (Å²) in [5.74, 6) is 0.571. The number of sulfone groups is 1. The summed E-state index contributed by atoms with van der Waals surface area (Å²) in [6.07, 6.45) is 3.66.